The number of carbonyl (C=O) groups excluding carboxylic acids is 1. The SMILES string of the molecule is Cc1cc(Br)c(NC(=O)/C(C#N)=C/c2ccc(OCc3ccc(Cl)c(Cl)c3)cc2)c(Br)c1. The topological polar surface area (TPSA) is 62.1 Å². The van der Waals surface area contributed by atoms with Crippen LogP contribution in [0.4, 0.5) is 5.69 Å². The van der Waals surface area contributed by atoms with Crippen molar-refractivity contribution in [1.29, 1.82) is 5.26 Å². The van der Waals surface area contributed by atoms with Gasteiger partial charge in [-0.3, -0.25) is 4.79 Å². The second-order valence-electron chi connectivity index (χ2n) is 6.83. The molecule has 0 aliphatic heterocycles. The monoisotopic (exact) mass is 592 g/mol. The van der Waals surface area contributed by atoms with Gasteiger partial charge >= 0.3 is 0 Å². The number of hydrogen-bond acceptors (Lipinski definition) is 3. The zero-order valence-electron chi connectivity index (χ0n) is 16.8. The summed E-state index contributed by atoms with van der Waals surface area (Å²) in [6.45, 7) is 2.28. The fourth-order valence-corrected chi connectivity index (χ4v) is 4.71. The van der Waals surface area contributed by atoms with Crippen molar-refractivity contribution in [3.8, 4) is 11.8 Å². The standard InChI is InChI=1S/C24H16Br2Cl2N2O2/c1-14-8-19(25)23(20(26)9-14)30-24(31)17(12-29)10-15-2-5-18(6-3-15)32-13-16-4-7-21(27)22(28)11-16/h2-11H,13H2,1H3,(H,30,31)/b17-10+. The minimum Gasteiger partial charge on any atom is -0.489 e. The molecule has 0 atom stereocenters. The third-order valence-corrected chi connectivity index (χ3v) is 6.36. The van der Waals surface area contributed by atoms with E-state index in [9.17, 15) is 10.1 Å². The third-order valence-electron chi connectivity index (χ3n) is 4.37. The minimum absolute atomic E-state index is 0.0196. The molecule has 0 radical (unpaired) electrons. The smallest absolute Gasteiger partial charge is 0.266 e. The first-order valence-electron chi connectivity index (χ1n) is 9.32. The van der Waals surface area contributed by atoms with Crippen molar-refractivity contribution in [3.05, 3.63) is 95.9 Å². The minimum atomic E-state index is -0.502. The van der Waals surface area contributed by atoms with Crippen LogP contribution in [0.25, 0.3) is 6.08 Å². The lowest BCUT2D eigenvalue weighted by Crippen LogP contribution is -2.14. The molecule has 0 unspecified atom stereocenters. The maximum absolute atomic E-state index is 12.6. The summed E-state index contributed by atoms with van der Waals surface area (Å²) in [6.07, 6.45) is 1.52. The molecule has 4 nitrogen and oxygen atoms in total. The number of carbonyl (C=O) groups is 1. The fourth-order valence-electron chi connectivity index (χ4n) is 2.77. The van der Waals surface area contributed by atoms with Crippen LogP contribution in [0.5, 0.6) is 5.75 Å². The Bertz CT molecular complexity index is 1210. The van der Waals surface area contributed by atoms with Crippen molar-refractivity contribution in [3.63, 3.8) is 0 Å². The second kappa shape index (κ2) is 11.0. The summed E-state index contributed by atoms with van der Waals surface area (Å²) in [7, 11) is 0. The quantitative estimate of drug-likeness (QED) is 0.233. The van der Waals surface area contributed by atoms with Crippen molar-refractivity contribution < 1.29 is 9.53 Å². The number of hydrogen-bond donors (Lipinski definition) is 1. The lowest BCUT2D eigenvalue weighted by molar-refractivity contribution is -0.112. The number of halogens is 4. The van der Waals surface area contributed by atoms with E-state index < -0.39 is 5.91 Å². The molecular formula is C24H16Br2Cl2N2O2. The summed E-state index contributed by atoms with van der Waals surface area (Å²) in [5.74, 6) is 0.140. The molecule has 32 heavy (non-hydrogen) atoms. The van der Waals surface area contributed by atoms with E-state index in [0.717, 1.165) is 20.1 Å². The van der Waals surface area contributed by atoms with E-state index in [1.54, 1.807) is 36.4 Å². The summed E-state index contributed by atoms with van der Waals surface area (Å²) in [4.78, 5) is 12.6. The Morgan fingerprint density at radius 3 is 2.31 bits per heavy atom. The predicted octanol–water partition coefficient (Wildman–Crippen LogP) is 7.95. The van der Waals surface area contributed by atoms with Crippen LogP contribution in [0.15, 0.2) is 69.1 Å². The maximum Gasteiger partial charge on any atom is 0.266 e. The summed E-state index contributed by atoms with van der Waals surface area (Å²) >= 11 is 18.8. The Labute approximate surface area is 213 Å². The average molecular weight is 595 g/mol. The van der Waals surface area contributed by atoms with Gasteiger partial charge in [0.2, 0.25) is 0 Å². The average Bonchev–Trinajstić information content (AvgIpc) is 2.76. The molecule has 3 aromatic rings. The first-order chi connectivity index (χ1) is 15.3. The van der Waals surface area contributed by atoms with Crippen LogP contribution < -0.4 is 10.1 Å². The molecule has 0 heterocycles. The molecule has 0 aliphatic carbocycles. The number of benzene rings is 3. The zero-order valence-corrected chi connectivity index (χ0v) is 21.4. The summed E-state index contributed by atoms with van der Waals surface area (Å²) in [6, 6.07) is 18.1. The second-order valence-corrected chi connectivity index (χ2v) is 9.36. The lowest BCUT2D eigenvalue weighted by Gasteiger charge is -2.10. The van der Waals surface area contributed by atoms with Gasteiger partial charge in [0.05, 0.1) is 15.7 Å². The molecular weight excluding hydrogens is 579 g/mol. The van der Waals surface area contributed by atoms with Crippen LogP contribution >= 0.6 is 55.1 Å². The summed E-state index contributed by atoms with van der Waals surface area (Å²) in [5, 5.41) is 13.2. The van der Waals surface area contributed by atoms with Crippen LogP contribution in [-0.2, 0) is 11.4 Å². The molecule has 1 amide bonds. The lowest BCUT2D eigenvalue weighted by atomic mass is 10.1. The number of nitrogens with zero attached hydrogens (tertiary/aromatic N) is 1. The molecule has 0 saturated carbocycles. The van der Waals surface area contributed by atoms with E-state index >= 15 is 0 Å². The van der Waals surface area contributed by atoms with Gasteiger partial charge in [0.15, 0.2) is 0 Å². The van der Waals surface area contributed by atoms with Gasteiger partial charge in [-0.25, -0.2) is 0 Å². The Hall–Kier alpha value is -2.30. The maximum atomic E-state index is 12.6. The highest BCUT2D eigenvalue weighted by Crippen LogP contribution is 2.32. The highest BCUT2D eigenvalue weighted by atomic mass is 79.9. The van der Waals surface area contributed by atoms with E-state index in [4.69, 9.17) is 27.9 Å². The molecule has 8 heteroatoms. The number of nitrogens with one attached hydrogen (secondary N) is 1. The number of rotatable bonds is 6. The van der Waals surface area contributed by atoms with Crippen LogP contribution in [-0.4, -0.2) is 5.91 Å². The molecule has 3 rings (SSSR count). The van der Waals surface area contributed by atoms with Crippen LogP contribution in [0.3, 0.4) is 0 Å². The van der Waals surface area contributed by atoms with E-state index in [0.29, 0.717) is 33.7 Å². The summed E-state index contributed by atoms with van der Waals surface area (Å²) < 4.78 is 7.20. The van der Waals surface area contributed by atoms with Crippen LogP contribution in [0.2, 0.25) is 10.0 Å². The van der Waals surface area contributed by atoms with Gasteiger partial charge in [0.25, 0.3) is 5.91 Å². The molecule has 1 N–H and O–H groups in total. The molecule has 3 aromatic carbocycles. The van der Waals surface area contributed by atoms with Crippen LogP contribution in [0, 0.1) is 18.3 Å². The first-order valence-corrected chi connectivity index (χ1v) is 11.7. The molecule has 0 aliphatic rings. The number of anilines is 1. The van der Waals surface area contributed by atoms with Gasteiger partial charge in [0.1, 0.15) is 24.0 Å². The van der Waals surface area contributed by atoms with Crippen molar-refractivity contribution in [1.82, 2.24) is 0 Å². The predicted molar refractivity (Wildman–Crippen MR) is 136 cm³/mol. The van der Waals surface area contributed by atoms with Gasteiger partial charge in [-0.2, -0.15) is 5.26 Å². The number of amides is 1. The van der Waals surface area contributed by atoms with E-state index in [1.165, 1.54) is 6.08 Å². The van der Waals surface area contributed by atoms with E-state index in [1.807, 2.05) is 31.2 Å². The Morgan fingerprint density at radius 2 is 1.72 bits per heavy atom. The Kier molecular flexibility index (Phi) is 8.38. The van der Waals surface area contributed by atoms with Gasteiger partial charge in [-0.15, -0.1) is 0 Å². The van der Waals surface area contributed by atoms with Gasteiger partial charge in [-0.05, 0) is 97.9 Å². The number of ether oxygens (including phenoxy) is 1. The normalized spacial score (nSPS) is 11.1. The molecule has 162 valence electrons. The van der Waals surface area contributed by atoms with Crippen molar-refractivity contribution in [2.75, 3.05) is 5.32 Å². The molecule has 0 bridgehead atoms. The molecule has 0 saturated heterocycles. The van der Waals surface area contributed by atoms with Gasteiger partial charge in [-0.1, -0.05) is 41.4 Å². The first kappa shape index (κ1) is 24.3. The van der Waals surface area contributed by atoms with Crippen molar-refractivity contribution >= 4 is 72.7 Å². The highest BCUT2D eigenvalue weighted by molar-refractivity contribution is 9.11. The van der Waals surface area contributed by atoms with Crippen molar-refractivity contribution in [2.24, 2.45) is 0 Å². The molecule has 0 spiro atoms. The Balaban J connectivity index is 1.69. The molecule has 0 fully saturated rings. The fraction of sp³-hybridized carbons (Fsp3) is 0.0833. The largest absolute Gasteiger partial charge is 0.489 e. The number of nitriles is 1. The highest BCUT2D eigenvalue weighted by Gasteiger charge is 2.14. The van der Waals surface area contributed by atoms with Gasteiger partial charge < -0.3 is 10.1 Å². The van der Waals surface area contributed by atoms with Crippen LogP contribution in [0.1, 0.15) is 16.7 Å². The Morgan fingerprint density at radius 1 is 1.06 bits per heavy atom. The number of aryl methyl sites for hydroxylation is 1. The summed E-state index contributed by atoms with van der Waals surface area (Å²) in [5.41, 5.74) is 3.15. The van der Waals surface area contributed by atoms with Gasteiger partial charge in [0, 0.05) is 8.95 Å². The van der Waals surface area contributed by atoms with E-state index in [2.05, 4.69) is 37.2 Å². The zero-order chi connectivity index (χ0) is 23.3. The third kappa shape index (κ3) is 6.36. The molecule has 0 aromatic heterocycles. The van der Waals surface area contributed by atoms with Crippen molar-refractivity contribution in [2.45, 2.75) is 13.5 Å². The van der Waals surface area contributed by atoms with E-state index in [-0.39, 0.29) is 5.57 Å².